The molecule has 1 N–H and O–H groups in total. The first-order chi connectivity index (χ1) is 8.31. The lowest BCUT2D eigenvalue weighted by Crippen LogP contribution is -2.33. The first-order valence-corrected chi connectivity index (χ1v) is 5.94. The van der Waals surface area contributed by atoms with Crippen LogP contribution >= 0.6 is 0 Å². The Bertz CT molecular complexity index is 410. The van der Waals surface area contributed by atoms with Crippen LogP contribution in [0.5, 0.6) is 0 Å². The Labute approximate surface area is 108 Å². The maximum Gasteiger partial charge on any atom is 0.410 e. The number of carbonyl (C=O) groups excluding carboxylic acids is 1. The zero-order valence-electron chi connectivity index (χ0n) is 11.4. The molecule has 4 nitrogen and oxygen atoms in total. The molecule has 0 fully saturated rings. The molecule has 0 spiro atoms. The number of benzene rings is 1. The van der Waals surface area contributed by atoms with Crippen molar-refractivity contribution < 1.29 is 14.6 Å². The fourth-order valence-corrected chi connectivity index (χ4v) is 1.50. The highest BCUT2D eigenvalue weighted by Crippen LogP contribution is 2.12. The van der Waals surface area contributed by atoms with Gasteiger partial charge in [0, 0.05) is 13.6 Å². The van der Waals surface area contributed by atoms with Gasteiger partial charge in [-0.3, -0.25) is 0 Å². The highest BCUT2D eigenvalue weighted by atomic mass is 16.6. The van der Waals surface area contributed by atoms with E-state index in [1.165, 1.54) is 4.90 Å². The van der Waals surface area contributed by atoms with Crippen LogP contribution in [-0.4, -0.2) is 28.7 Å². The number of hydrogen-bond acceptors (Lipinski definition) is 3. The summed E-state index contributed by atoms with van der Waals surface area (Å²) in [4.78, 5) is 13.3. The van der Waals surface area contributed by atoms with Crippen LogP contribution in [0.15, 0.2) is 24.3 Å². The highest BCUT2D eigenvalue weighted by molar-refractivity contribution is 5.67. The van der Waals surface area contributed by atoms with Gasteiger partial charge < -0.3 is 14.7 Å². The second-order valence-electron chi connectivity index (χ2n) is 5.31. The Balaban J connectivity index is 2.63. The normalized spacial score (nSPS) is 11.2. The number of nitrogens with zero attached hydrogens (tertiary/aromatic N) is 1. The highest BCUT2D eigenvalue weighted by Gasteiger charge is 2.19. The minimum absolute atomic E-state index is 0.00396. The Morgan fingerprint density at radius 2 is 1.94 bits per heavy atom. The number of rotatable bonds is 3. The molecule has 0 radical (unpaired) electrons. The molecule has 0 aliphatic rings. The summed E-state index contributed by atoms with van der Waals surface area (Å²) in [6.45, 7) is 5.98. The third kappa shape index (κ3) is 4.75. The molecule has 1 aromatic carbocycles. The number of aliphatic hydroxyl groups excluding tert-OH is 1. The standard InChI is InChI=1S/C14H21NO3/c1-14(2,3)18-13(17)15(4)9-11-6-5-7-12(8-11)10-16/h5-8,16H,9-10H2,1-4H3. The van der Waals surface area contributed by atoms with Gasteiger partial charge in [-0.15, -0.1) is 0 Å². The molecule has 0 heterocycles. The van der Waals surface area contributed by atoms with Crippen LogP contribution in [0.3, 0.4) is 0 Å². The van der Waals surface area contributed by atoms with Gasteiger partial charge in [-0.25, -0.2) is 4.79 Å². The second kappa shape index (κ2) is 5.87. The molecule has 0 bridgehead atoms. The van der Waals surface area contributed by atoms with E-state index >= 15 is 0 Å². The summed E-state index contributed by atoms with van der Waals surface area (Å²) in [6, 6.07) is 7.50. The van der Waals surface area contributed by atoms with Gasteiger partial charge in [-0.1, -0.05) is 24.3 Å². The Morgan fingerprint density at radius 1 is 1.33 bits per heavy atom. The monoisotopic (exact) mass is 251 g/mol. The molecule has 0 aromatic heterocycles. The van der Waals surface area contributed by atoms with Crippen LogP contribution in [0.25, 0.3) is 0 Å². The van der Waals surface area contributed by atoms with Crippen LogP contribution in [0.4, 0.5) is 4.79 Å². The molecule has 0 aliphatic carbocycles. The van der Waals surface area contributed by atoms with E-state index in [2.05, 4.69) is 0 Å². The van der Waals surface area contributed by atoms with E-state index in [0.717, 1.165) is 11.1 Å². The molecule has 18 heavy (non-hydrogen) atoms. The van der Waals surface area contributed by atoms with E-state index in [1.807, 2.05) is 45.0 Å². The molecular formula is C14H21NO3. The number of ether oxygens (including phenoxy) is 1. The summed E-state index contributed by atoms with van der Waals surface area (Å²) in [7, 11) is 1.69. The van der Waals surface area contributed by atoms with Gasteiger partial charge in [0.15, 0.2) is 0 Å². The smallest absolute Gasteiger partial charge is 0.410 e. The fraction of sp³-hybridized carbons (Fsp3) is 0.500. The zero-order valence-corrected chi connectivity index (χ0v) is 11.4. The van der Waals surface area contributed by atoms with E-state index < -0.39 is 5.60 Å². The SMILES string of the molecule is CN(Cc1cccc(CO)c1)C(=O)OC(C)(C)C. The van der Waals surface area contributed by atoms with Crippen LogP contribution in [0.2, 0.25) is 0 Å². The molecule has 0 atom stereocenters. The first kappa shape index (κ1) is 14.5. The minimum atomic E-state index is -0.488. The maximum absolute atomic E-state index is 11.8. The summed E-state index contributed by atoms with van der Waals surface area (Å²) in [5.74, 6) is 0. The molecule has 0 aliphatic heterocycles. The van der Waals surface area contributed by atoms with Gasteiger partial charge >= 0.3 is 6.09 Å². The predicted molar refractivity (Wildman–Crippen MR) is 70.1 cm³/mol. The molecule has 1 aromatic rings. The molecule has 0 unspecified atom stereocenters. The van der Waals surface area contributed by atoms with E-state index in [-0.39, 0.29) is 12.7 Å². The van der Waals surface area contributed by atoms with Gasteiger partial charge in [0.05, 0.1) is 6.61 Å². The summed E-state index contributed by atoms with van der Waals surface area (Å²) in [5.41, 5.74) is 1.32. The third-order valence-corrected chi connectivity index (χ3v) is 2.30. The molecule has 0 saturated carbocycles. The van der Waals surface area contributed by atoms with Crippen LogP contribution in [0, 0.1) is 0 Å². The van der Waals surface area contributed by atoms with E-state index in [0.29, 0.717) is 6.54 Å². The lowest BCUT2D eigenvalue weighted by molar-refractivity contribution is 0.0285. The number of aliphatic hydroxyl groups is 1. The molecule has 1 rings (SSSR count). The van der Waals surface area contributed by atoms with Crippen molar-refractivity contribution in [1.29, 1.82) is 0 Å². The summed E-state index contributed by atoms with van der Waals surface area (Å²) in [6.07, 6.45) is -0.350. The zero-order chi connectivity index (χ0) is 13.8. The number of hydrogen-bond donors (Lipinski definition) is 1. The molecule has 0 saturated heterocycles. The number of carbonyl (C=O) groups is 1. The average molecular weight is 251 g/mol. The minimum Gasteiger partial charge on any atom is -0.444 e. The van der Waals surface area contributed by atoms with Crippen molar-refractivity contribution in [3.8, 4) is 0 Å². The van der Waals surface area contributed by atoms with Gasteiger partial charge in [0.1, 0.15) is 5.60 Å². The van der Waals surface area contributed by atoms with Crippen LogP contribution < -0.4 is 0 Å². The fourth-order valence-electron chi connectivity index (χ4n) is 1.50. The van der Waals surface area contributed by atoms with Crippen LogP contribution in [-0.2, 0) is 17.9 Å². The van der Waals surface area contributed by atoms with Crippen molar-refractivity contribution in [2.45, 2.75) is 39.5 Å². The van der Waals surface area contributed by atoms with Crippen molar-refractivity contribution in [3.63, 3.8) is 0 Å². The van der Waals surface area contributed by atoms with Crippen molar-refractivity contribution in [2.75, 3.05) is 7.05 Å². The van der Waals surface area contributed by atoms with Gasteiger partial charge in [-0.05, 0) is 31.9 Å². The van der Waals surface area contributed by atoms with E-state index in [9.17, 15) is 4.79 Å². The average Bonchev–Trinajstić information content (AvgIpc) is 2.27. The molecular weight excluding hydrogens is 230 g/mol. The molecule has 100 valence electrons. The Hall–Kier alpha value is -1.55. The Morgan fingerprint density at radius 3 is 2.50 bits per heavy atom. The third-order valence-electron chi connectivity index (χ3n) is 2.30. The van der Waals surface area contributed by atoms with Gasteiger partial charge in [0.25, 0.3) is 0 Å². The first-order valence-electron chi connectivity index (χ1n) is 5.94. The van der Waals surface area contributed by atoms with Gasteiger partial charge in [-0.2, -0.15) is 0 Å². The van der Waals surface area contributed by atoms with Crippen molar-refractivity contribution in [3.05, 3.63) is 35.4 Å². The largest absolute Gasteiger partial charge is 0.444 e. The topological polar surface area (TPSA) is 49.8 Å². The number of amides is 1. The summed E-state index contributed by atoms with van der Waals surface area (Å²) >= 11 is 0. The summed E-state index contributed by atoms with van der Waals surface area (Å²) < 4.78 is 5.27. The van der Waals surface area contributed by atoms with E-state index in [1.54, 1.807) is 7.05 Å². The van der Waals surface area contributed by atoms with Crippen LogP contribution in [0.1, 0.15) is 31.9 Å². The summed E-state index contributed by atoms with van der Waals surface area (Å²) in [5, 5.41) is 9.05. The molecule has 1 amide bonds. The quantitative estimate of drug-likeness (QED) is 0.898. The lowest BCUT2D eigenvalue weighted by atomic mass is 10.1. The lowest BCUT2D eigenvalue weighted by Gasteiger charge is -2.24. The van der Waals surface area contributed by atoms with Crippen molar-refractivity contribution in [2.24, 2.45) is 0 Å². The predicted octanol–water partition coefficient (Wildman–Crippen LogP) is 2.55. The Kier molecular flexibility index (Phi) is 4.73. The maximum atomic E-state index is 11.8. The van der Waals surface area contributed by atoms with Crippen molar-refractivity contribution >= 4 is 6.09 Å². The van der Waals surface area contributed by atoms with Gasteiger partial charge in [0.2, 0.25) is 0 Å². The van der Waals surface area contributed by atoms with E-state index in [4.69, 9.17) is 9.84 Å². The second-order valence-corrected chi connectivity index (χ2v) is 5.31. The molecule has 4 heteroatoms. The van der Waals surface area contributed by atoms with Crippen molar-refractivity contribution in [1.82, 2.24) is 4.90 Å².